The fourth-order valence-electron chi connectivity index (χ4n) is 1.62. The van der Waals surface area contributed by atoms with E-state index >= 15 is 0 Å². The second kappa shape index (κ2) is 6.91. The molecule has 0 saturated heterocycles. The minimum atomic E-state index is 0.0276. The van der Waals surface area contributed by atoms with Crippen molar-refractivity contribution in [3.8, 4) is 5.75 Å². The van der Waals surface area contributed by atoms with Crippen LogP contribution in [0.3, 0.4) is 0 Å². The Hall–Kier alpha value is -1.55. The van der Waals surface area contributed by atoms with Gasteiger partial charge in [0.1, 0.15) is 5.75 Å². The monoisotopic (exact) mass is 236 g/mol. The minimum Gasteiger partial charge on any atom is -0.497 e. The van der Waals surface area contributed by atoms with Crippen LogP contribution in [0.5, 0.6) is 5.75 Å². The molecule has 0 saturated carbocycles. The average Bonchev–Trinajstić information content (AvgIpc) is 2.39. The van der Waals surface area contributed by atoms with Crippen molar-refractivity contribution < 1.29 is 9.53 Å². The van der Waals surface area contributed by atoms with E-state index in [1.807, 2.05) is 19.1 Å². The number of hydrogen-bond acceptors (Lipinski definition) is 3. The maximum Gasteiger partial charge on any atom is 0.253 e. The molecule has 4 heteroatoms. The Morgan fingerprint density at radius 1 is 1.47 bits per heavy atom. The third-order valence-corrected chi connectivity index (χ3v) is 2.62. The number of rotatable bonds is 6. The van der Waals surface area contributed by atoms with Gasteiger partial charge in [-0.2, -0.15) is 0 Å². The molecule has 1 rings (SSSR count). The van der Waals surface area contributed by atoms with Gasteiger partial charge in [-0.25, -0.2) is 0 Å². The van der Waals surface area contributed by atoms with Gasteiger partial charge in [0.2, 0.25) is 0 Å². The molecule has 94 valence electrons. The number of methoxy groups -OCH3 is 1. The normalized spacial score (nSPS) is 10.1. The predicted octanol–water partition coefficient (Wildman–Crippen LogP) is 1.51. The molecule has 0 aliphatic carbocycles. The van der Waals surface area contributed by atoms with Crippen LogP contribution in [0.15, 0.2) is 24.3 Å². The molecule has 0 bridgehead atoms. The van der Waals surface area contributed by atoms with Crippen LogP contribution >= 0.6 is 0 Å². The highest BCUT2D eigenvalue weighted by Gasteiger charge is 2.13. The summed E-state index contributed by atoms with van der Waals surface area (Å²) in [5.74, 6) is 0.727. The summed E-state index contributed by atoms with van der Waals surface area (Å²) in [6.45, 7) is 3.95. The number of ether oxygens (including phenoxy) is 1. The number of benzene rings is 1. The topological polar surface area (TPSA) is 55.6 Å². The van der Waals surface area contributed by atoms with Gasteiger partial charge in [0.15, 0.2) is 0 Å². The van der Waals surface area contributed by atoms with Crippen LogP contribution in [-0.2, 0) is 0 Å². The summed E-state index contributed by atoms with van der Waals surface area (Å²) in [5.41, 5.74) is 6.11. The molecule has 1 amide bonds. The van der Waals surface area contributed by atoms with Gasteiger partial charge in [0.05, 0.1) is 7.11 Å². The minimum absolute atomic E-state index is 0.0276. The maximum atomic E-state index is 12.2. The Morgan fingerprint density at radius 3 is 2.82 bits per heavy atom. The lowest BCUT2D eigenvalue weighted by Crippen LogP contribution is -2.32. The van der Waals surface area contributed by atoms with Gasteiger partial charge in [0, 0.05) is 18.7 Å². The number of carbonyl (C=O) groups is 1. The van der Waals surface area contributed by atoms with E-state index < -0.39 is 0 Å². The molecule has 0 fully saturated rings. The van der Waals surface area contributed by atoms with Crippen molar-refractivity contribution in [3.05, 3.63) is 29.8 Å². The van der Waals surface area contributed by atoms with Crippen LogP contribution in [0.1, 0.15) is 23.7 Å². The van der Waals surface area contributed by atoms with Gasteiger partial charge in [-0.1, -0.05) is 6.07 Å². The van der Waals surface area contributed by atoms with Gasteiger partial charge in [-0.15, -0.1) is 0 Å². The van der Waals surface area contributed by atoms with Gasteiger partial charge in [-0.3, -0.25) is 4.79 Å². The van der Waals surface area contributed by atoms with E-state index in [9.17, 15) is 4.79 Å². The van der Waals surface area contributed by atoms with Gasteiger partial charge >= 0.3 is 0 Å². The third kappa shape index (κ3) is 3.75. The van der Waals surface area contributed by atoms with Crippen molar-refractivity contribution in [2.24, 2.45) is 5.73 Å². The lowest BCUT2D eigenvalue weighted by atomic mass is 10.2. The Labute approximate surface area is 102 Å². The van der Waals surface area contributed by atoms with E-state index in [0.29, 0.717) is 30.9 Å². The Bertz CT molecular complexity index is 366. The molecule has 1 aromatic rings. The molecular formula is C13H20N2O2. The first-order valence-electron chi connectivity index (χ1n) is 5.86. The Kier molecular flexibility index (Phi) is 5.49. The summed E-state index contributed by atoms with van der Waals surface area (Å²) in [5, 5.41) is 0. The summed E-state index contributed by atoms with van der Waals surface area (Å²) in [4.78, 5) is 14.0. The summed E-state index contributed by atoms with van der Waals surface area (Å²) in [6.07, 6.45) is 0.823. The van der Waals surface area contributed by atoms with Gasteiger partial charge < -0.3 is 15.4 Å². The third-order valence-electron chi connectivity index (χ3n) is 2.62. The van der Waals surface area contributed by atoms with Gasteiger partial charge in [0.25, 0.3) is 5.91 Å². The molecule has 17 heavy (non-hydrogen) atoms. The molecule has 2 N–H and O–H groups in total. The highest BCUT2D eigenvalue weighted by atomic mass is 16.5. The van der Waals surface area contributed by atoms with Crippen molar-refractivity contribution in [2.45, 2.75) is 13.3 Å². The smallest absolute Gasteiger partial charge is 0.253 e. The lowest BCUT2D eigenvalue weighted by molar-refractivity contribution is 0.0763. The molecule has 0 aromatic heterocycles. The number of amides is 1. The van der Waals surface area contributed by atoms with Crippen molar-refractivity contribution in [1.29, 1.82) is 0 Å². The van der Waals surface area contributed by atoms with E-state index in [1.54, 1.807) is 24.1 Å². The first-order valence-corrected chi connectivity index (χ1v) is 5.86. The summed E-state index contributed by atoms with van der Waals surface area (Å²) < 4.78 is 5.11. The van der Waals surface area contributed by atoms with Crippen LogP contribution < -0.4 is 10.5 Å². The molecule has 0 unspecified atom stereocenters. The van der Waals surface area contributed by atoms with Gasteiger partial charge in [-0.05, 0) is 38.1 Å². The van der Waals surface area contributed by atoms with Crippen molar-refractivity contribution in [2.75, 3.05) is 26.7 Å². The molecule has 0 aliphatic rings. The summed E-state index contributed by atoms with van der Waals surface area (Å²) >= 11 is 0. The fourth-order valence-corrected chi connectivity index (χ4v) is 1.62. The van der Waals surface area contributed by atoms with Crippen molar-refractivity contribution in [1.82, 2.24) is 4.90 Å². The van der Waals surface area contributed by atoms with Crippen LogP contribution in [0.25, 0.3) is 0 Å². The molecular weight excluding hydrogens is 216 g/mol. The first kappa shape index (κ1) is 13.5. The van der Waals surface area contributed by atoms with E-state index in [0.717, 1.165) is 6.42 Å². The SMILES string of the molecule is CCN(CCCN)C(=O)c1cccc(OC)c1. The predicted molar refractivity (Wildman–Crippen MR) is 68.2 cm³/mol. The number of carbonyl (C=O) groups excluding carboxylic acids is 1. The second-order valence-electron chi connectivity index (χ2n) is 3.76. The molecule has 0 heterocycles. The van der Waals surface area contributed by atoms with E-state index in [4.69, 9.17) is 10.5 Å². The maximum absolute atomic E-state index is 12.2. The number of nitrogens with two attached hydrogens (primary N) is 1. The summed E-state index contributed by atoms with van der Waals surface area (Å²) in [6, 6.07) is 7.21. The molecule has 0 spiro atoms. The molecule has 1 aromatic carbocycles. The number of nitrogens with zero attached hydrogens (tertiary/aromatic N) is 1. The first-order chi connectivity index (χ1) is 8.22. The van der Waals surface area contributed by atoms with Crippen LogP contribution in [0, 0.1) is 0 Å². The molecule has 0 atom stereocenters. The molecule has 4 nitrogen and oxygen atoms in total. The van der Waals surface area contributed by atoms with Crippen LogP contribution in [0.2, 0.25) is 0 Å². The number of hydrogen-bond donors (Lipinski definition) is 1. The highest BCUT2D eigenvalue weighted by Crippen LogP contribution is 2.14. The zero-order valence-corrected chi connectivity index (χ0v) is 10.5. The standard InChI is InChI=1S/C13H20N2O2/c1-3-15(9-5-8-14)13(16)11-6-4-7-12(10-11)17-2/h4,6-7,10H,3,5,8-9,14H2,1-2H3. The quantitative estimate of drug-likeness (QED) is 0.814. The van der Waals surface area contributed by atoms with E-state index in [-0.39, 0.29) is 5.91 Å². The Balaban J connectivity index is 2.78. The van der Waals surface area contributed by atoms with Crippen molar-refractivity contribution in [3.63, 3.8) is 0 Å². The second-order valence-corrected chi connectivity index (χ2v) is 3.76. The van der Waals surface area contributed by atoms with Crippen LogP contribution in [-0.4, -0.2) is 37.6 Å². The largest absolute Gasteiger partial charge is 0.497 e. The average molecular weight is 236 g/mol. The molecule has 0 aliphatic heterocycles. The van der Waals surface area contributed by atoms with E-state index in [2.05, 4.69) is 0 Å². The summed E-state index contributed by atoms with van der Waals surface area (Å²) in [7, 11) is 1.59. The zero-order valence-electron chi connectivity index (χ0n) is 10.5. The molecule has 0 radical (unpaired) electrons. The van der Waals surface area contributed by atoms with E-state index in [1.165, 1.54) is 0 Å². The zero-order chi connectivity index (χ0) is 12.7. The van der Waals surface area contributed by atoms with Crippen LogP contribution in [0.4, 0.5) is 0 Å². The lowest BCUT2D eigenvalue weighted by Gasteiger charge is -2.20. The highest BCUT2D eigenvalue weighted by molar-refractivity contribution is 5.94. The Morgan fingerprint density at radius 2 is 2.24 bits per heavy atom. The fraction of sp³-hybridized carbons (Fsp3) is 0.462. The van der Waals surface area contributed by atoms with Crippen molar-refractivity contribution >= 4 is 5.91 Å².